The minimum atomic E-state index is -0.611. The van der Waals surface area contributed by atoms with Gasteiger partial charge in [0, 0.05) is 24.9 Å². The first-order valence-electron chi connectivity index (χ1n) is 10.3. The fraction of sp³-hybridized carbons (Fsp3) is 0.409. The summed E-state index contributed by atoms with van der Waals surface area (Å²) in [6, 6.07) is 7.40. The highest BCUT2D eigenvalue weighted by molar-refractivity contribution is 8.00. The molecule has 2 saturated heterocycles. The van der Waals surface area contributed by atoms with E-state index in [1.54, 1.807) is 29.2 Å². The average Bonchev–Trinajstić information content (AvgIpc) is 3.31. The molecule has 2 unspecified atom stereocenters. The van der Waals surface area contributed by atoms with Crippen LogP contribution >= 0.6 is 11.8 Å². The lowest BCUT2D eigenvalue weighted by atomic mass is 10.0. The molecule has 2 aromatic rings. The van der Waals surface area contributed by atoms with Gasteiger partial charge in [0.25, 0.3) is 5.91 Å². The van der Waals surface area contributed by atoms with Crippen LogP contribution in [0.3, 0.4) is 0 Å². The summed E-state index contributed by atoms with van der Waals surface area (Å²) in [6.45, 7) is 1.09. The summed E-state index contributed by atoms with van der Waals surface area (Å²) >= 11 is 1.37. The minimum Gasteiger partial charge on any atom is -0.472 e. The van der Waals surface area contributed by atoms with Crippen LogP contribution in [0.2, 0.25) is 0 Å². The van der Waals surface area contributed by atoms with E-state index in [4.69, 9.17) is 4.42 Å². The van der Waals surface area contributed by atoms with Crippen molar-refractivity contribution in [1.29, 1.82) is 0 Å². The van der Waals surface area contributed by atoms with E-state index in [0.29, 0.717) is 49.2 Å². The van der Waals surface area contributed by atoms with Crippen molar-refractivity contribution in [3.63, 3.8) is 0 Å². The highest BCUT2D eigenvalue weighted by Gasteiger charge is 2.34. The SMILES string of the molecule is O=C(NC1CCN(C(=O)c2ccoc2)CC1)C1CSC(Cc2ccccc2F)C(=O)N1. The van der Waals surface area contributed by atoms with E-state index >= 15 is 0 Å². The van der Waals surface area contributed by atoms with Gasteiger partial charge in [0.2, 0.25) is 11.8 Å². The number of piperidine rings is 1. The Morgan fingerprint density at radius 2 is 2.00 bits per heavy atom. The number of rotatable bonds is 5. The number of benzene rings is 1. The minimum absolute atomic E-state index is 0.0426. The molecule has 1 aromatic carbocycles. The van der Waals surface area contributed by atoms with Crippen molar-refractivity contribution >= 4 is 29.5 Å². The largest absolute Gasteiger partial charge is 0.472 e. The van der Waals surface area contributed by atoms with E-state index in [1.165, 1.54) is 30.4 Å². The lowest BCUT2D eigenvalue weighted by Gasteiger charge is -2.34. The maximum atomic E-state index is 13.9. The quantitative estimate of drug-likeness (QED) is 0.735. The summed E-state index contributed by atoms with van der Waals surface area (Å²) in [5.74, 6) is -0.428. The second kappa shape index (κ2) is 9.55. The second-order valence-corrected chi connectivity index (χ2v) is 9.00. The Morgan fingerprint density at radius 3 is 2.68 bits per heavy atom. The molecule has 9 heteroatoms. The van der Waals surface area contributed by atoms with Crippen molar-refractivity contribution in [3.8, 4) is 0 Å². The Labute approximate surface area is 183 Å². The van der Waals surface area contributed by atoms with Gasteiger partial charge in [-0.2, -0.15) is 0 Å². The van der Waals surface area contributed by atoms with Crippen LogP contribution in [0.15, 0.2) is 47.3 Å². The number of halogens is 1. The Balaban J connectivity index is 1.23. The molecule has 3 heterocycles. The molecule has 1 aromatic heterocycles. The molecule has 0 bridgehead atoms. The first-order chi connectivity index (χ1) is 15.0. The van der Waals surface area contributed by atoms with Gasteiger partial charge in [0.15, 0.2) is 0 Å². The summed E-state index contributed by atoms with van der Waals surface area (Å²) < 4.78 is 18.8. The molecule has 2 aliphatic heterocycles. The zero-order valence-electron chi connectivity index (χ0n) is 16.9. The van der Waals surface area contributed by atoms with Crippen LogP contribution in [0.25, 0.3) is 0 Å². The lowest BCUT2D eigenvalue weighted by molar-refractivity contribution is -0.129. The molecule has 2 fully saturated rings. The number of nitrogens with zero attached hydrogens (tertiary/aromatic N) is 1. The Morgan fingerprint density at radius 1 is 1.23 bits per heavy atom. The molecule has 31 heavy (non-hydrogen) atoms. The molecule has 0 radical (unpaired) electrons. The summed E-state index contributed by atoms with van der Waals surface area (Å²) in [7, 11) is 0. The van der Waals surface area contributed by atoms with Crippen LogP contribution < -0.4 is 10.6 Å². The summed E-state index contributed by atoms with van der Waals surface area (Å²) in [6.07, 6.45) is 4.50. The average molecular weight is 446 g/mol. The predicted molar refractivity (Wildman–Crippen MR) is 114 cm³/mol. The lowest BCUT2D eigenvalue weighted by Crippen LogP contribution is -2.57. The molecule has 2 aliphatic rings. The van der Waals surface area contributed by atoms with E-state index in [9.17, 15) is 18.8 Å². The zero-order valence-corrected chi connectivity index (χ0v) is 17.7. The molecule has 2 atom stereocenters. The van der Waals surface area contributed by atoms with Gasteiger partial charge >= 0.3 is 0 Å². The van der Waals surface area contributed by atoms with E-state index in [0.717, 1.165) is 0 Å². The van der Waals surface area contributed by atoms with Crippen LogP contribution in [0, 0.1) is 5.82 Å². The molecule has 0 spiro atoms. The van der Waals surface area contributed by atoms with Gasteiger partial charge < -0.3 is 20.0 Å². The first kappa shape index (κ1) is 21.4. The number of hydrogen-bond acceptors (Lipinski definition) is 5. The number of carbonyl (C=O) groups is 3. The first-order valence-corrected chi connectivity index (χ1v) is 11.3. The molecular formula is C22H24FN3O4S. The second-order valence-electron chi connectivity index (χ2n) is 7.77. The Kier molecular flexibility index (Phi) is 6.60. The number of amides is 3. The van der Waals surface area contributed by atoms with E-state index in [-0.39, 0.29) is 29.6 Å². The number of carbonyl (C=O) groups excluding carboxylic acids is 3. The van der Waals surface area contributed by atoms with E-state index in [2.05, 4.69) is 10.6 Å². The molecule has 7 nitrogen and oxygen atoms in total. The number of hydrogen-bond donors (Lipinski definition) is 2. The van der Waals surface area contributed by atoms with Crippen molar-refractivity contribution in [3.05, 3.63) is 59.8 Å². The number of thioether (sulfide) groups is 1. The van der Waals surface area contributed by atoms with Crippen LogP contribution in [0.4, 0.5) is 4.39 Å². The van der Waals surface area contributed by atoms with Crippen molar-refractivity contribution < 1.29 is 23.2 Å². The zero-order chi connectivity index (χ0) is 21.8. The molecule has 2 N–H and O–H groups in total. The van der Waals surface area contributed by atoms with Crippen molar-refractivity contribution in [1.82, 2.24) is 15.5 Å². The maximum absolute atomic E-state index is 13.9. The normalized spacial score (nSPS) is 22.1. The standard InChI is InChI=1S/C22H24FN3O4S/c23-17-4-2-1-3-14(17)11-19-21(28)25-18(13-31-19)20(27)24-16-5-8-26(9-6-16)22(29)15-7-10-30-12-15/h1-4,7,10,12,16,18-19H,5-6,8-9,11,13H2,(H,24,27)(H,25,28). The van der Waals surface area contributed by atoms with Crippen LogP contribution in [0.5, 0.6) is 0 Å². The predicted octanol–water partition coefficient (Wildman–Crippen LogP) is 1.98. The summed E-state index contributed by atoms with van der Waals surface area (Å²) in [4.78, 5) is 39.2. The Bertz CT molecular complexity index is 944. The highest BCUT2D eigenvalue weighted by atomic mass is 32.2. The Hall–Kier alpha value is -2.81. The van der Waals surface area contributed by atoms with Crippen molar-refractivity contribution in [2.24, 2.45) is 0 Å². The van der Waals surface area contributed by atoms with Crippen LogP contribution in [-0.2, 0) is 16.0 Å². The smallest absolute Gasteiger partial charge is 0.257 e. The van der Waals surface area contributed by atoms with Gasteiger partial charge in [-0.15, -0.1) is 11.8 Å². The van der Waals surface area contributed by atoms with Crippen LogP contribution in [-0.4, -0.2) is 58.8 Å². The van der Waals surface area contributed by atoms with E-state index in [1.807, 2.05) is 0 Å². The van der Waals surface area contributed by atoms with E-state index < -0.39 is 11.3 Å². The number of furan rings is 1. The topological polar surface area (TPSA) is 91.7 Å². The third-order valence-electron chi connectivity index (χ3n) is 5.65. The van der Waals surface area contributed by atoms with Crippen LogP contribution in [0.1, 0.15) is 28.8 Å². The van der Waals surface area contributed by atoms with Gasteiger partial charge in [0.1, 0.15) is 18.1 Å². The number of nitrogens with one attached hydrogen (secondary N) is 2. The fourth-order valence-electron chi connectivity index (χ4n) is 3.85. The highest BCUT2D eigenvalue weighted by Crippen LogP contribution is 2.23. The maximum Gasteiger partial charge on any atom is 0.257 e. The third-order valence-corrected chi connectivity index (χ3v) is 6.96. The van der Waals surface area contributed by atoms with Crippen molar-refractivity contribution in [2.75, 3.05) is 18.8 Å². The fourth-order valence-corrected chi connectivity index (χ4v) is 5.02. The van der Waals surface area contributed by atoms with Gasteiger partial charge in [-0.1, -0.05) is 18.2 Å². The van der Waals surface area contributed by atoms with Gasteiger partial charge in [-0.25, -0.2) is 4.39 Å². The molecule has 0 aliphatic carbocycles. The van der Waals surface area contributed by atoms with Crippen molar-refractivity contribution in [2.45, 2.75) is 36.6 Å². The summed E-state index contributed by atoms with van der Waals surface area (Å²) in [5.41, 5.74) is 1.02. The molecule has 3 amide bonds. The molecule has 4 rings (SSSR count). The third kappa shape index (κ3) is 5.10. The monoisotopic (exact) mass is 445 g/mol. The van der Waals surface area contributed by atoms with Gasteiger partial charge in [0.05, 0.1) is 17.1 Å². The molecular weight excluding hydrogens is 421 g/mol. The van der Waals surface area contributed by atoms with Gasteiger partial charge in [-0.05, 0) is 37.0 Å². The summed E-state index contributed by atoms with van der Waals surface area (Å²) in [5, 5.41) is 5.35. The molecule has 0 saturated carbocycles. The van der Waals surface area contributed by atoms with Gasteiger partial charge in [-0.3, -0.25) is 14.4 Å². The number of likely N-dealkylation sites (tertiary alicyclic amines) is 1. The molecule has 164 valence electrons.